The number of rotatable bonds is 5. The van der Waals surface area contributed by atoms with Crippen LogP contribution in [0.25, 0.3) is 11.1 Å². The number of anilines is 1. The van der Waals surface area contributed by atoms with Crippen molar-refractivity contribution in [2.24, 2.45) is 0 Å². The molecule has 0 aliphatic rings. The highest BCUT2D eigenvalue weighted by atomic mass is 19.4. The molecule has 0 fully saturated rings. The summed E-state index contributed by atoms with van der Waals surface area (Å²) in [6.07, 6.45) is -4.36. The van der Waals surface area contributed by atoms with Gasteiger partial charge in [-0.3, -0.25) is 0 Å². The molecule has 28 heavy (non-hydrogen) atoms. The van der Waals surface area contributed by atoms with E-state index in [4.69, 9.17) is 5.11 Å². The Hall–Kier alpha value is -3.48. The molecular formula is C21H16F3NO3. The zero-order valence-corrected chi connectivity index (χ0v) is 14.5. The fourth-order valence-corrected chi connectivity index (χ4v) is 2.69. The zero-order valence-electron chi connectivity index (χ0n) is 14.5. The number of alkyl halides is 3. The first-order valence-electron chi connectivity index (χ1n) is 8.31. The first-order valence-corrected chi connectivity index (χ1v) is 8.31. The van der Waals surface area contributed by atoms with Crippen molar-refractivity contribution in [2.45, 2.75) is 12.7 Å². The Morgan fingerprint density at radius 1 is 0.893 bits per heavy atom. The van der Waals surface area contributed by atoms with E-state index in [1.807, 2.05) is 12.1 Å². The molecule has 4 nitrogen and oxygen atoms in total. The fraction of sp³-hybridized carbons (Fsp3) is 0.0952. The van der Waals surface area contributed by atoms with Crippen LogP contribution in [-0.4, -0.2) is 16.2 Å². The van der Waals surface area contributed by atoms with Crippen LogP contribution in [-0.2, 0) is 12.7 Å². The number of halogens is 3. The molecule has 0 unspecified atom stereocenters. The van der Waals surface area contributed by atoms with Gasteiger partial charge in [0.1, 0.15) is 11.3 Å². The molecule has 7 heteroatoms. The Kier molecular flexibility index (Phi) is 5.26. The van der Waals surface area contributed by atoms with E-state index in [0.29, 0.717) is 17.8 Å². The lowest BCUT2D eigenvalue weighted by Gasteiger charge is -2.10. The maximum atomic E-state index is 12.6. The van der Waals surface area contributed by atoms with Crippen molar-refractivity contribution in [2.75, 3.05) is 5.32 Å². The first-order chi connectivity index (χ1) is 13.2. The maximum absolute atomic E-state index is 12.6. The number of benzene rings is 3. The second-order valence-corrected chi connectivity index (χ2v) is 6.16. The molecule has 0 aromatic heterocycles. The Morgan fingerprint density at radius 3 is 2.00 bits per heavy atom. The summed E-state index contributed by atoms with van der Waals surface area (Å²) < 4.78 is 37.9. The fourth-order valence-electron chi connectivity index (χ4n) is 2.69. The minimum atomic E-state index is -4.36. The van der Waals surface area contributed by atoms with Crippen LogP contribution in [0.2, 0.25) is 0 Å². The third-order valence-electron chi connectivity index (χ3n) is 4.22. The molecule has 0 radical (unpaired) electrons. The van der Waals surface area contributed by atoms with E-state index >= 15 is 0 Å². The Bertz CT molecular complexity index is 981. The minimum Gasteiger partial charge on any atom is -0.507 e. The van der Waals surface area contributed by atoms with Gasteiger partial charge in [-0.05, 0) is 47.0 Å². The molecule has 3 rings (SSSR count). The van der Waals surface area contributed by atoms with Gasteiger partial charge in [-0.1, -0.05) is 36.4 Å². The third kappa shape index (κ3) is 4.43. The van der Waals surface area contributed by atoms with Gasteiger partial charge in [0.05, 0.1) is 5.56 Å². The van der Waals surface area contributed by atoms with Crippen molar-refractivity contribution in [1.82, 2.24) is 0 Å². The van der Waals surface area contributed by atoms with Crippen molar-refractivity contribution in [3.8, 4) is 16.9 Å². The zero-order chi connectivity index (χ0) is 20.3. The van der Waals surface area contributed by atoms with Gasteiger partial charge in [-0.2, -0.15) is 13.2 Å². The number of nitrogens with one attached hydrogen (secondary N) is 1. The highest BCUT2D eigenvalue weighted by Crippen LogP contribution is 2.31. The summed E-state index contributed by atoms with van der Waals surface area (Å²) in [6, 6.07) is 16.5. The summed E-state index contributed by atoms with van der Waals surface area (Å²) in [5, 5.41) is 21.6. The van der Waals surface area contributed by atoms with Crippen LogP contribution in [0.5, 0.6) is 5.75 Å². The van der Waals surface area contributed by atoms with Crippen molar-refractivity contribution in [1.29, 1.82) is 0 Å². The summed E-state index contributed by atoms with van der Waals surface area (Å²) in [5.41, 5.74) is 2.03. The quantitative estimate of drug-likeness (QED) is 0.514. The van der Waals surface area contributed by atoms with Crippen molar-refractivity contribution < 1.29 is 28.2 Å². The monoisotopic (exact) mass is 387 g/mol. The molecule has 0 saturated carbocycles. The van der Waals surface area contributed by atoms with E-state index in [1.165, 1.54) is 24.3 Å². The van der Waals surface area contributed by atoms with Crippen LogP contribution in [0, 0.1) is 0 Å². The van der Waals surface area contributed by atoms with Gasteiger partial charge in [0.25, 0.3) is 0 Å². The van der Waals surface area contributed by atoms with Gasteiger partial charge in [-0.25, -0.2) is 4.79 Å². The van der Waals surface area contributed by atoms with Gasteiger partial charge >= 0.3 is 12.1 Å². The standard InChI is InChI=1S/C21H16F3NO3/c22-21(23,24)16-7-5-15(6-8-16)14-3-1-13(2-4-14)12-25-17-9-10-19(26)18(11-17)20(27)28/h1-11,25-26H,12H2,(H,27,28). The van der Waals surface area contributed by atoms with E-state index in [2.05, 4.69) is 5.32 Å². The predicted octanol–water partition coefficient (Wildman–Crippen LogP) is 5.39. The first kappa shape index (κ1) is 19.3. The van der Waals surface area contributed by atoms with Crippen molar-refractivity contribution in [3.05, 3.63) is 83.4 Å². The van der Waals surface area contributed by atoms with Crippen molar-refractivity contribution >= 4 is 11.7 Å². The molecule has 0 saturated heterocycles. The van der Waals surface area contributed by atoms with E-state index in [9.17, 15) is 23.1 Å². The highest BCUT2D eigenvalue weighted by molar-refractivity contribution is 5.92. The smallest absolute Gasteiger partial charge is 0.416 e. The van der Waals surface area contributed by atoms with Crippen molar-refractivity contribution in [3.63, 3.8) is 0 Å². The highest BCUT2D eigenvalue weighted by Gasteiger charge is 2.29. The Labute approximate surface area is 158 Å². The predicted molar refractivity (Wildman–Crippen MR) is 99.3 cm³/mol. The average Bonchev–Trinajstić information content (AvgIpc) is 2.67. The lowest BCUT2D eigenvalue weighted by molar-refractivity contribution is -0.137. The SMILES string of the molecule is O=C(O)c1cc(NCc2ccc(-c3ccc(C(F)(F)F)cc3)cc2)ccc1O. The summed E-state index contributed by atoms with van der Waals surface area (Å²) >= 11 is 0. The summed E-state index contributed by atoms with van der Waals surface area (Å²) in [5.74, 6) is -1.53. The Balaban J connectivity index is 1.68. The number of carboxylic acid groups (broad SMARTS) is 1. The summed E-state index contributed by atoms with van der Waals surface area (Å²) in [4.78, 5) is 11.0. The lowest BCUT2D eigenvalue weighted by atomic mass is 10.0. The molecule has 0 aliphatic heterocycles. The normalized spacial score (nSPS) is 11.2. The van der Waals surface area contributed by atoms with Gasteiger partial charge in [0.2, 0.25) is 0 Å². The van der Waals surface area contributed by atoms with E-state index in [-0.39, 0.29) is 11.3 Å². The minimum absolute atomic E-state index is 0.192. The second-order valence-electron chi connectivity index (χ2n) is 6.16. The van der Waals surface area contributed by atoms with Crippen LogP contribution in [0.4, 0.5) is 18.9 Å². The molecule has 0 atom stereocenters. The number of carboxylic acids is 1. The maximum Gasteiger partial charge on any atom is 0.416 e. The average molecular weight is 387 g/mol. The van der Waals surface area contributed by atoms with Crippen LogP contribution in [0.3, 0.4) is 0 Å². The third-order valence-corrected chi connectivity index (χ3v) is 4.22. The summed E-state index contributed by atoms with van der Waals surface area (Å²) in [6.45, 7) is 0.414. The number of aromatic carboxylic acids is 1. The van der Waals surface area contributed by atoms with Gasteiger partial charge in [0, 0.05) is 12.2 Å². The summed E-state index contributed by atoms with van der Waals surface area (Å²) in [7, 11) is 0. The number of hydrogen-bond donors (Lipinski definition) is 3. The molecule has 0 heterocycles. The molecule has 0 bridgehead atoms. The van der Waals surface area contributed by atoms with Crippen LogP contribution in [0.1, 0.15) is 21.5 Å². The number of aromatic hydroxyl groups is 1. The molecule has 144 valence electrons. The molecule has 0 amide bonds. The Morgan fingerprint density at radius 2 is 1.46 bits per heavy atom. The molecule has 0 spiro atoms. The van der Waals surface area contributed by atoms with E-state index in [1.54, 1.807) is 18.2 Å². The van der Waals surface area contributed by atoms with Gasteiger partial charge in [-0.15, -0.1) is 0 Å². The molecule has 3 aromatic carbocycles. The number of hydrogen-bond acceptors (Lipinski definition) is 3. The lowest BCUT2D eigenvalue weighted by Crippen LogP contribution is -2.04. The van der Waals surface area contributed by atoms with Gasteiger partial charge in [0.15, 0.2) is 0 Å². The molecule has 3 aromatic rings. The number of phenols is 1. The van der Waals surface area contributed by atoms with Crippen LogP contribution in [0.15, 0.2) is 66.7 Å². The van der Waals surface area contributed by atoms with E-state index in [0.717, 1.165) is 23.3 Å². The largest absolute Gasteiger partial charge is 0.507 e. The van der Waals surface area contributed by atoms with E-state index < -0.39 is 17.7 Å². The van der Waals surface area contributed by atoms with Crippen LogP contribution < -0.4 is 5.32 Å². The van der Waals surface area contributed by atoms with Crippen LogP contribution >= 0.6 is 0 Å². The molecule has 0 aliphatic carbocycles. The topological polar surface area (TPSA) is 69.6 Å². The second kappa shape index (κ2) is 7.64. The molecular weight excluding hydrogens is 371 g/mol. The van der Waals surface area contributed by atoms with Gasteiger partial charge < -0.3 is 15.5 Å². The number of carbonyl (C=O) groups is 1. The molecule has 3 N–H and O–H groups in total.